The molecule has 1 fully saturated rings. The summed E-state index contributed by atoms with van der Waals surface area (Å²) in [5, 5.41) is 15.0. The molecule has 1 saturated carbocycles. The SMILES string of the molecule is COc1ccc(CCNC(=O)CSCc2nnnn2C2CCCC2)cc1. The summed E-state index contributed by atoms with van der Waals surface area (Å²) in [4.78, 5) is 12.0. The number of amides is 1. The first-order chi connectivity index (χ1) is 12.8. The number of carbonyl (C=O) groups is 1. The van der Waals surface area contributed by atoms with Crippen molar-refractivity contribution < 1.29 is 9.53 Å². The number of tetrazole rings is 1. The molecule has 1 aliphatic carbocycles. The van der Waals surface area contributed by atoms with Crippen LogP contribution >= 0.6 is 11.8 Å². The van der Waals surface area contributed by atoms with E-state index in [2.05, 4.69) is 20.8 Å². The van der Waals surface area contributed by atoms with Crippen molar-refractivity contribution in [3.63, 3.8) is 0 Å². The van der Waals surface area contributed by atoms with Crippen LogP contribution in [-0.2, 0) is 17.0 Å². The summed E-state index contributed by atoms with van der Waals surface area (Å²) in [7, 11) is 1.65. The maximum Gasteiger partial charge on any atom is 0.230 e. The average Bonchev–Trinajstić information content (AvgIpc) is 3.33. The molecule has 1 N–H and O–H groups in total. The highest BCUT2D eigenvalue weighted by atomic mass is 32.2. The highest BCUT2D eigenvalue weighted by Gasteiger charge is 2.21. The molecule has 0 unspecified atom stereocenters. The predicted molar refractivity (Wildman–Crippen MR) is 101 cm³/mol. The largest absolute Gasteiger partial charge is 0.497 e. The van der Waals surface area contributed by atoms with E-state index in [1.54, 1.807) is 18.9 Å². The second-order valence-electron chi connectivity index (χ2n) is 6.42. The Labute approximate surface area is 157 Å². The molecule has 0 spiro atoms. The molecular formula is C18H25N5O2S. The van der Waals surface area contributed by atoms with Gasteiger partial charge in [-0.3, -0.25) is 4.79 Å². The number of rotatable bonds is 9. The summed E-state index contributed by atoms with van der Waals surface area (Å²) in [5.74, 6) is 2.83. The number of carbonyl (C=O) groups excluding carboxylic acids is 1. The van der Waals surface area contributed by atoms with Crippen molar-refractivity contribution >= 4 is 17.7 Å². The Kier molecular flexibility index (Phi) is 6.88. The lowest BCUT2D eigenvalue weighted by Gasteiger charge is -2.11. The third-order valence-corrected chi connectivity index (χ3v) is 5.52. The van der Waals surface area contributed by atoms with Crippen molar-refractivity contribution in [3.8, 4) is 5.75 Å². The highest BCUT2D eigenvalue weighted by Crippen LogP contribution is 2.29. The lowest BCUT2D eigenvalue weighted by atomic mass is 10.1. The van der Waals surface area contributed by atoms with Crippen LogP contribution in [0.1, 0.15) is 43.1 Å². The number of methoxy groups -OCH3 is 1. The normalized spacial score (nSPS) is 14.5. The molecule has 0 aliphatic heterocycles. The number of hydrogen-bond acceptors (Lipinski definition) is 6. The van der Waals surface area contributed by atoms with E-state index in [4.69, 9.17) is 4.74 Å². The van der Waals surface area contributed by atoms with Gasteiger partial charge in [0, 0.05) is 6.54 Å². The molecular weight excluding hydrogens is 350 g/mol. The zero-order valence-electron chi connectivity index (χ0n) is 15.1. The summed E-state index contributed by atoms with van der Waals surface area (Å²) < 4.78 is 7.09. The van der Waals surface area contributed by atoms with Gasteiger partial charge >= 0.3 is 0 Å². The molecule has 0 radical (unpaired) electrons. The van der Waals surface area contributed by atoms with E-state index in [1.165, 1.54) is 18.4 Å². The van der Waals surface area contributed by atoms with Crippen LogP contribution in [0.25, 0.3) is 0 Å². The van der Waals surface area contributed by atoms with Gasteiger partial charge in [-0.2, -0.15) is 0 Å². The van der Waals surface area contributed by atoms with Crippen molar-refractivity contribution in [2.45, 2.75) is 43.9 Å². The van der Waals surface area contributed by atoms with E-state index in [9.17, 15) is 4.79 Å². The monoisotopic (exact) mass is 375 g/mol. The fourth-order valence-corrected chi connectivity index (χ4v) is 3.93. The molecule has 1 aromatic heterocycles. The lowest BCUT2D eigenvalue weighted by Crippen LogP contribution is -2.27. The third kappa shape index (κ3) is 5.20. The summed E-state index contributed by atoms with van der Waals surface area (Å²) in [6.07, 6.45) is 5.59. The van der Waals surface area contributed by atoms with Crippen LogP contribution < -0.4 is 10.1 Å². The van der Waals surface area contributed by atoms with E-state index >= 15 is 0 Å². The fourth-order valence-electron chi connectivity index (χ4n) is 3.16. The second kappa shape index (κ2) is 9.56. The Morgan fingerprint density at radius 3 is 2.81 bits per heavy atom. The predicted octanol–water partition coefficient (Wildman–Crippen LogP) is 2.39. The van der Waals surface area contributed by atoms with Crippen LogP contribution in [-0.4, -0.2) is 45.5 Å². The number of aromatic nitrogens is 4. The van der Waals surface area contributed by atoms with Gasteiger partial charge in [0.2, 0.25) is 5.91 Å². The number of ether oxygens (including phenoxy) is 1. The van der Waals surface area contributed by atoms with Gasteiger partial charge in [-0.05, 0) is 47.4 Å². The summed E-state index contributed by atoms with van der Waals surface area (Å²) in [5.41, 5.74) is 1.18. The van der Waals surface area contributed by atoms with Crippen LogP contribution in [0.2, 0.25) is 0 Å². The van der Waals surface area contributed by atoms with E-state index in [-0.39, 0.29) is 5.91 Å². The molecule has 0 bridgehead atoms. The van der Waals surface area contributed by atoms with E-state index in [0.717, 1.165) is 30.8 Å². The van der Waals surface area contributed by atoms with Crippen molar-refractivity contribution in [3.05, 3.63) is 35.7 Å². The first-order valence-electron chi connectivity index (χ1n) is 9.00. The zero-order valence-corrected chi connectivity index (χ0v) is 15.9. The number of hydrogen-bond donors (Lipinski definition) is 1. The van der Waals surface area contributed by atoms with Crippen molar-refractivity contribution in [2.24, 2.45) is 0 Å². The molecule has 0 saturated heterocycles. The van der Waals surface area contributed by atoms with Crippen molar-refractivity contribution in [2.75, 3.05) is 19.4 Å². The molecule has 8 heteroatoms. The van der Waals surface area contributed by atoms with Gasteiger partial charge < -0.3 is 10.1 Å². The molecule has 1 aromatic carbocycles. The number of nitrogens with zero attached hydrogens (tertiary/aromatic N) is 4. The molecule has 26 heavy (non-hydrogen) atoms. The number of benzene rings is 1. The molecule has 3 rings (SSSR count). The Morgan fingerprint density at radius 2 is 2.08 bits per heavy atom. The van der Waals surface area contributed by atoms with Gasteiger partial charge in [0.25, 0.3) is 0 Å². The van der Waals surface area contributed by atoms with Gasteiger partial charge in [0.1, 0.15) is 5.75 Å². The van der Waals surface area contributed by atoms with Gasteiger partial charge in [-0.15, -0.1) is 16.9 Å². The average molecular weight is 375 g/mol. The molecule has 7 nitrogen and oxygen atoms in total. The van der Waals surface area contributed by atoms with Gasteiger partial charge in [0.15, 0.2) is 5.82 Å². The Morgan fingerprint density at radius 1 is 1.31 bits per heavy atom. The quantitative estimate of drug-likeness (QED) is 0.725. The van der Waals surface area contributed by atoms with Crippen LogP contribution in [0.3, 0.4) is 0 Å². The maximum atomic E-state index is 12.0. The van der Waals surface area contributed by atoms with Gasteiger partial charge in [-0.25, -0.2) is 4.68 Å². The number of thioether (sulfide) groups is 1. The minimum atomic E-state index is 0.0448. The molecule has 1 heterocycles. The topological polar surface area (TPSA) is 81.9 Å². The second-order valence-corrected chi connectivity index (χ2v) is 7.40. The third-order valence-electron chi connectivity index (χ3n) is 4.59. The molecule has 0 atom stereocenters. The number of nitrogens with one attached hydrogen (secondary N) is 1. The highest BCUT2D eigenvalue weighted by molar-refractivity contribution is 7.99. The van der Waals surface area contributed by atoms with Gasteiger partial charge in [0.05, 0.1) is 24.7 Å². The first-order valence-corrected chi connectivity index (χ1v) is 10.2. The minimum absolute atomic E-state index is 0.0448. The van der Waals surface area contributed by atoms with E-state index < -0.39 is 0 Å². The lowest BCUT2D eigenvalue weighted by molar-refractivity contribution is -0.118. The smallest absolute Gasteiger partial charge is 0.230 e. The standard InChI is InChI=1S/C18H25N5O2S/c1-25-16-8-6-14(7-9-16)10-11-19-18(24)13-26-12-17-20-21-22-23(17)15-4-2-3-5-15/h6-9,15H,2-5,10-13H2,1H3,(H,19,24). The fraction of sp³-hybridized carbons (Fsp3) is 0.556. The Bertz CT molecular complexity index is 698. The molecule has 2 aromatic rings. The van der Waals surface area contributed by atoms with Crippen molar-refractivity contribution in [1.29, 1.82) is 0 Å². The van der Waals surface area contributed by atoms with Gasteiger partial charge in [-0.1, -0.05) is 25.0 Å². The summed E-state index contributed by atoms with van der Waals surface area (Å²) in [6, 6.07) is 8.33. The molecule has 1 aliphatic rings. The van der Waals surface area contributed by atoms with Crippen LogP contribution in [0.15, 0.2) is 24.3 Å². The molecule has 140 valence electrons. The maximum absolute atomic E-state index is 12.0. The first kappa shape index (κ1) is 18.7. The van der Waals surface area contributed by atoms with Crippen molar-refractivity contribution in [1.82, 2.24) is 25.5 Å². The molecule has 1 amide bonds. The Balaban J connectivity index is 1.35. The van der Waals surface area contributed by atoms with Crippen LogP contribution in [0.4, 0.5) is 0 Å². The van der Waals surface area contributed by atoms with Crippen LogP contribution in [0.5, 0.6) is 5.75 Å². The van der Waals surface area contributed by atoms with Crippen LogP contribution in [0, 0.1) is 0 Å². The zero-order chi connectivity index (χ0) is 18.2. The van der Waals surface area contributed by atoms with E-state index in [1.807, 2.05) is 28.9 Å². The minimum Gasteiger partial charge on any atom is -0.497 e. The Hall–Kier alpha value is -2.09. The summed E-state index contributed by atoms with van der Waals surface area (Å²) in [6.45, 7) is 0.630. The summed E-state index contributed by atoms with van der Waals surface area (Å²) >= 11 is 1.55. The van der Waals surface area contributed by atoms with E-state index in [0.29, 0.717) is 24.1 Å².